The molecule has 1 saturated heterocycles. The second-order valence-electron chi connectivity index (χ2n) is 10.2. The first-order valence-electron chi connectivity index (χ1n) is 12.8. The van der Waals surface area contributed by atoms with Crippen LogP contribution in [0.2, 0.25) is 0 Å². The Morgan fingerprint density at radius 1 is 0.889 bits per heavy atom. The largest absolute Gasteiger partial charge is 0.493 e. The third-order valence-corrected chi connectivity index (χ3v) is 8.09. The lowest BCUT2D eigenvalue weighted by atomic mass is 9.85. The Bertz CT molecular complexity index is 1250. The number of rotatable bonds is 5. The Morgan fingerprint density at radius 3 is 2.19 bits per heavy atom. The van der Waals surface area contributed by atoms with Gasteiger partial charge in [-0.3, -0.25) is 14.5 Å². The molecule has 6 nitrogen and oxygen atoms in total. The van der Waals surface area contributed by atoms with E-state index in [1.807, 2.05) is 12.1 Å². The molecule has 2 amide bonds. The molecule has 2 aromatic carbocycles. The van der Waals surface area contributed by atoms with Gasteiger partial charge in [-0.15, -0.1) is 0 Å². The Kier molecular flexibility index (Phi) is 5.75. The van der Waals surface area contributed by atoms with Crippen LogP contribution in [0.4, 0.5) is 5.69 Å². The number of methoxy groups -OCH3 is 1. The molecule has 4 aliphatic rings. The Morgan fingerprint density at radius 2 is 1.56 bits per heavy atom. The molecule has 3 fully saturated rings. The zero-order chi connectivity index (χ0) is 24.8. The van der Waals surface area contributed by atoms with Crippen LogP contribution >= 0.6 is 0 Å². The van der Waals surface area contributed by atoms with Gasteiger partial charge < -0.3 is 9.47 Å². The maximum atomic E-state index is 13.0. The van der Waals surface area contributed by atoms with Gasteiger partial charge in [-0.25, -0.2) is 4.79 Å². The van der Waals surface area contributed by atoms with Crippen molar-refractivity contribution in [3.63, 3.8) is 0 Å². The highest BCUT2D eigenvalue weighted by atomic mass is 16.6. The predicted octanol–water partition coefficient (Wildman–Crippen LogP) is 5.57. The quantitative estimate of drug-likeness (QED) is 0.241. The van der Waals surface area contributed by atoms with Crippen molar-refractivity contribution < 1.29 is 23.9 Å². The maximum absolute atomic E-state index is 13.0. The number of nitrogens with zero attached hydrogens (tertiary/aromatic N) is 1. The minimum Gasteiger partial charge on any atom is -0.493 e. The van der Waals surface area contributed by atoms with Crippen LogP contribution in [-0.4, -0.2) is 24.9 Å². The van der Waals surface area contributed by atoms with Gasteiger partial charge in [0, 0.05) is 0 Å². The van der Waals surface area contributed by atoms with Crippen LogP contribution in [-0.2, 0) is 9.59 Å². The molecule has 1 aliphatic heterocycles. The van der Waals surface area contributed by atoms with Crippen LogP contribution in [0.1, 0.15) is 54.4 Å². The molecule has 1 heterocycles. The molecule has 2 aromatic rings. The molecular weight excluding hydrogens is 454 g/mol. The van der Waals surface area contributed by atoms with E-state index in [-0.39, 0.29) is 35.5 Å². The Hall–Kier alpha value is -3.67. The van der Waals surface area contributed by atoms with Crippen molar-refractivity contribution in [3.8, 4) is 11.5 Å². The lowest BCUT2D eigenvalue weighted by molar-refractivity contribution is -0.123. The molecule has 0 radical (unpaired) electrons. The fraction of sp³-hybridized carbons (Fsp3) is 0.367. The molecular formula is C30H29NO5. The summed E-state index contributed by atoms with van der Waals surface area (Å²) >= 11 is 0. The molecule has 0 N–H and O–H groups in total. The zero-order valence-electron chi connectivity index (χ0n) is 20.3. The number of allylic oxidation sites excluding steroid dienone is 3. The number of anilines is 1. The van der Waals surface area contributed by atoms with Crippen molar-refractivity contribution in [1.29, 1.82) is 0 Å². The molecule has 2 bridgehead atoms. The number of carbonyl (C=O) groups excluding carboxylic acids is 3. The van der Waals surface area contributed by atoms with Crippen molar-refractivity contribution in [3.05, 3.63) is 71.3 Å². The normalized spacial score (nSPS) is 26.4. The molecule has 2 saturated carbocycles. The highest BCUT2D eigenvalue weighted by molar-refractivity contribution is 6.22. The summed E-state index contributed by atoms with van der Waals surface area (Å²) in [6.45, 7) is 0. The summed E-state index contributed by atoms with van der Waals surface area (Å²) < 4.78 is 11.1. The minimum atomic E-state index is -0.531. The second-order valence-corrected chi connectivity index (χ2v) is 10.2. The summed E-state index contributed by atoms with van der Waals surface area (Å²) in [6, 6.07) is 12.0. The van der Waals surface area contributed by atoms with Crippen molar-refractivity contribution in [1.82, 2.24) is 0 Å². The van der Waals surface area contributed by atoms with Gasteiger partial charge in [-0.05, 0) is 85.9 Å². The highest BCUT2D eigenvalue weighted by Crippen LogP contribution is 2.53. The fourth-order valence-corrected chi connectivity index (χ4v) is 6.31. The molecule has 36 heavy (non-hydrogen) atoms. The van der Waals surface area contributed by atoms with Gasteiger partial charge in [0.1, 0.15) is 0 Å². The smallest absolute Gasteiger partial charge is 0.343 e. The van der Waals surface area contributed by atoms with Crippen LogP contribution in [0.3, 0.4) is 0 Å². The van der Waals surface area contributed by atoms with E-state index in [1.54, 1.807) is 37.4 Å². The standard InChI is InChI=1S/C30H29NO5/c1-35-25-16-19(15-18-5-3-2-4-6-18)7-14-24(25)36-30(34)20-10-12-23(13-11-20)31-28(32)26-21-8-9-22(17-21)27(26)29(31)33/h7-16,21-22,26-27H,2-6,17H2,1H3/t21-,22+,26-,27+. The first-order valence-corrected chi connectivity index (χ1v) is 12.8. The summed E-state index contributed by atoms with van der Waals surface area (Å²) in [5, 5.41) is 0. The molecule has 0 spiro atoms. The molecule has 6 heteroatoms. The number of carbonyl (C=O) groups is 3. The number of imide groups is 1. The molecule has 184 valence electrons. The van der Waals surface area contributed by atoms with Crippen LogP contribution in [0.25, 0.3) is 6.08 Å². The van der Waals surface area contributed by atoms with Gasteiger partial charge in [0.15, 0.2) is 11.5 Å². The predicted molar refractivity (Wildman–Crippen MR) is 136 cm³/mol. The van der Waals surface area contributed by atoms with Crippen LogP contribution in [0.5, 0.6) is 11.5 Å². The summed E-state index contributed by atoms with van der Waals surface area (Å²) in [5.41, 5.74) is 3.29. The summed E-state index contributed by atoms with van der Waals surface area (Å²) in [4.78, 5) is 40.2. The third kappa shape index (κ3) is 3.85. The monoisotopic (exact) mass is 483 g/mol. The summed E-state index contributed by atoms with van der Waals surface area (Å²) in [7, 11) is 1.56. The van der Waals surface area contributed by atoms with E-state index in [9.17, 15) is 14.4 Å². The van der Waals surface area contributed by atoms with Crippen molar-refractivity contribution in [2.24, 2.45) is 23.7 Å². The molecule has 0 unspecified atom stereocenters. The van der Waals surface area contributed by atoms with Gasteiger partial charge in [0.05, 0.1) is 30.2 Å². The third-order valence-electron chi connectivity index (χ3n) is 8.09. The number of hydrogen-bond donors (Lipinski definition) is 0. The fourth-order valence-electron chi connectivity index (χ4n) is 6.31. The van der Waals surface area contributed by atoms with E-state index in [0.29, 0.717) is 22.7 Å². The SMILES string of the molecule is COc1cc(C=C2CCCCC2)ccc1OC(=O)c1ccc(N2C(=O)[C@@H]3[C@H](C2=O)[C@@H]2C=C[C@H]3C2)cc1. The highest BCUT2D eigenvalue weighted by Gasteiger charge is 2.59. The Balaban J connectivity index is 1.16. The molecule has 0 aromatic heterocycles. The van der Waals surface area contributed by atoms with E-state index < -0.39 is 5.97 Å². The second kappa shape index (κ2) is 9.08. The van der Waals surface area contributed by atoms with Crippen molar-refractivity contribution in [2.45, 2.75) is 38.5 Å². The van der Waals surface area contributed by atoms with E-state index in [1.165, 1.54) is 29.7 Å². The van der Waals surface area contributed by atoms with Gasteiger partial charge in [-0.1, -0.05) is 36.3 Å². The molecule has 6 rings (SSSR count). The maximum Gasteiger partial charge on any atom is 0.343 e. The van der Waals surface area contributed by atoms with Crippen LogP contribution < -0.4 is 14.4 Å². The number of hydrogen-bond acceptors (Lipinski definition) is 5. The van der Waals surface area contributed by atoms with E-state index >= 15 is 0 Å². The van der Waals surface area contributed by atoms with E-state index in [2.05, 4.69) is 18.2 Å². The lowest BCUT2D eigenvalue weighted by Gasteiger charge is -2.17. The number of esters is 1. The average Bonchev–Trinajstić information content (AvgIpc) is 3.59. The topological polar surface area (TPSA) is 72.9 Å². The van der Waals surface area contributed by atoms with Crippen LogP contribution in [0.15, 0.2) is 60.2 Å². The number of amides is 2. The van der Waals surface area contributed by atoms with Crippen molar-refractivity contribution in [2.75, 3.05) is 12.0 Å². The van der Waals surface area contributed by atoms with Crippen molar-refractivity contribution >= 4 is 29.5 Å². The van der Waals surface area contributed by atoms with E-state index in [0.717, 1.165) is 24.8 Å². The molecule has 3 aliphatic carbocycles. The van der Waals surface area contributed by atoms with E-state index in [4.69, 9.17) is 9.47 Å². The lowest BCUT2D eigenvalue weighted by Crippen LogP contribution is -2.32. The first-order chi connectivity index (χ1) is 17.5. The average molecular weight is 484 g/mol. The van der Waals surface area contributed by atoms with Crippen LogP contribution in [0, 0.1) is 23.7 Å². The Labute approximate surface area is 210 Å². The first kappa shape index (κ1) is 22.8. The number of ether oxygens (including phenoxy) is 2. The summed E-state index contributed by atoms with van der Waals surface area (Å²) in [6.07, 6.45) is 13.3. The summed E-state index contributed by atoms with van der Waals surface area (Å²) in [5.74, 6) is -0.132. The number of benzene rings is 2. The number of fused-ring (bicyclic) bond motifs is 5. The zero-order valence-corrected chi connectivity index (χ0v) is 20.3. The van der Waals surface area contributed by atoms with Gasteiger partial charge in [-0.2, -0.15) is 0 Å². The van der Waals surface area contributed by atoms with Gasteiger partial charge in [0.2, 0.25) is 11.8 Å². The van der Waals surface area contributed by atoms with Gasteiger partial charge in [0.25, 0.3) is 0 Å². The van der Waals surface area contributed by atoms with Gasteiger partial charge >= 0.3 is 5.97 Å². The minimum absolute atomic E-state index is 0.134. The molecule has 4 atom stereocenters.